The average Bonchev–Trinajstić information content (AvgIpc) is 2.86. The third-order valence-electron chi connectivity index (χ3n) is 5.82. The Morgan fingerprint density at radius 2 is 1.65 bits per heavy atom. The molecule has 2 amide bonds. The van der Waals surface area contributed by atoms with Crippen LogP contribution in [0, 0.1) is 5.92 Å². The smallest absolute Gasteiger partial charge is 0.333 e. The summed E-state index contributed by atoms with van der Waals surface area (Å²) in [5.41, 5.74) is 1.92. The van der Waals surface area contributed by atoms with E-state index in [9.17, 15) is 14.7 Å². The van der Waals surface area contributed by atoms with E-state index in [1.807, 2.05) is 59.5 Å². The normalized spacial score (nSPS) is 11.8. The molecule has 0 aliphatic carbocycles. The lowest BCUT2D eigenvalue weighted by molar-refractivity contribution is -0.149. The van der Waals surface area contributed by atoms with E-state index in [-0.39, 0.29) is 6.03 Å². The number of nitrogens with one attached hydrogen (secondary N) is 1. The molecule has 0 heterocycles. The second-order valence-corrected chi connectivity index (χ2v) is 8.25. The largest absolute Gasteiger partial charge is 0.492 e. The maximum absolute atomic E-state index is 12.9. The van der Waals surface area contributed by atoms with Crippen molar-refractivity contribution < 1.29 is 24.2 Å². The van der Waals surface area contributed by atoms with Crippen LogP contribution in [0.25, 0.3) is 0 Å². The Morgan fingerprint density at radius 3 is 2.24 bits per heavy atom. The standard InChI is InChI=1S/C27H38N2O5/c1-4-21(5-2)20-29(27(32)28-19-23-10-8-7-9-11-23)16-17-34-24-14-12-22(13-15-24)18-25(26(30)31)33-6-3/h7-15,21,25H,4-6,16-20H2,1-3H3,(H,28,32)(H,30,31). The lowest BCUT2D eigenvalue weighted by Crippen LogP contribution is -2.44. The van der Waals surface area contributed by atoms with Crippen molar-refractivity contribution >= 4 is 12.0 Å². The van der Waals surface area contributed by atoms with Crippen LogP contribution in [-0.4, -0.2) is 54.4 Å². The van der Waals surface area contributed by atoms with Gasteiger partial charge < -0.3 is 24.8 Å². The van der Waals surface area contributed by atoms with Crippen LogP contribution in [0.1, 0.15) is 44.7 Å². The predicted octanol–water partition coefficient (Wildman–Crippen LogP) is 4.75. The van der Waals surface area contributed by atoms with E-state index < -0.39 is 12.1 Å². The zero-order valence-electron chi connectivity index (χ0n) is 20.5. The van der Waals surface area contributed by atoms with Crippen LogP contribution in [0.15, 0.2) is 54.6 Å². The maximum Gasteiger partial charge on any atom is 0.333 e. The second kappa shape index (κ2) is 15.0. The first kappa shape index (κ1) is 27.2. The number of benzene rings is 2. The fourth-order valence-electron chi connectivity index (χ4n) is 3.65. The molecule has 7 heteroatoms. The molecule has 186 valence electrons. The quantitative estimate of drug-likeness (QED) is 0.392. The summed E-state index contributed by atoms with van der Waals surface area (Å²) in [7, 11) is 0. The molecule has 2 aromatic carbocycles. The molecule has 1 atom stereocenters. The van der Waals surface area contributed by atoms with Gasteiger partial charge >= 0.3 is 12.0 Å². The summed E-state index contributed by atoms with van der Waals surface area (Å²) in [6, 6.07) is 17.1. The van der Waals surface area contributed by atoms with E-state index >= 15 is 0 Å². The topological polar surface area (TPSA) is 88.1 Å². The summed E-state index contributed by atoms with van der Waals surface area (Å²) < 4.78 is 11.2. The number of aliphatic carboxylic acids is 1. The first-order valence-electron chi connectivity index (χ1n) is 12.1. The number of hydrogen-bond acceptors (Lipinski definition) is 4. The summed E-state index contributed by atoms with van der Waals surface area (Å²) in [6.45, 7) is 8.44. The van der Waals surface area contributed by atoms with Gasteiger partial charge in [0.25, 0.3) is 0 Å². The molecule has 0 aliphatic heterocycles. The van der Waals surface area contributed by atoms with Crippen molar-refractivity contribution in [3.05, 3.63) is 65.7 Å². The molecule has 0 aliphatic rings. The molecule has 0 fully saturated rings. The summed E-state index contributed by atoms with van der Waals surface area (Å²) >= 11 is 0. The van der Waals surface area contributed by atoms with Crippen molar-refractivity contribution in [1.29, 1.82) is 0 Å². The molecule has 34 heavy (non-hydrogen) atoms. The monoisotopic (exact) mass is 470 g/mol. The summed E-state index contributed by atoms with van der Waals surface area (Å²) in [4.78, 5) is 26.0. The number of carbonyl (C=O) groups excluding carboxylic acids is 1. The second-order valence-electron chi connectivity index (χ2n) is 8.25. The molecule has 2 rings (SSSR count). The van der Waals surface area contributed by atoms with Gasteiger partial charge in [0.05, 0.1) is 6.54 Å². The Balaban J connectivity index is 1.90. The van der Waals surface area contributed by atoms with Crippen molar-refractivity contribution in [1.82, 2.24) is 10.2 Å². The number of urea groups is 1. The highest BCUT2D eigenvalue weighted by Crippen LogP contribution is 2.15. The van der Waals surface area contributed by atoms with Gasteiger partial charge in [-0.05, 0) is 36.1 Å². The van der Waals surface area contributed by atoms with Crippen LogP contribution >= 0.6 is 0 Å². The van der Waals surface area contributed by atoms with Gasteiger partial charge in [-0.15, -0.1) is 0 Å². The van der Waals surface area contributed by atoms with Crippen LogP contribution in [0.5, 0.6) is 5.75 Å². The Kier molecular flexibility index (Phi) is 12.0. The zero-order valence-corrected chi connectivity index (χ0v) is 20.5. The fourth-order valence-corrected chi connectivity index (χ4v) is 3.65. The molecule has 0 spiro atoms. The van der Waals surface area contributed by atoms with Crippen LogP contribution in [0.3, 0.4) is 0 Å². The van der Waals surface area contributed by atoms with Crippen molar-refractivity contribution in [2.45, 2.75) is 52.7 Å². The molecular weight excluding hydrogens is 432 g/mol. The number of amides is 2. The Hall–Kier alpha value is -3.06. The number of ether oxygens (including phenoxy) is 2. The van der Waals surface area contributed by atoms with Gasteiger partial charge in [-0.25, -0.2) is 9.59 Å². The highest BCUT2D eigenvalue weighted by molar-refractivity contribution is 5.74. The molecule has 0 bridgehead atoms. The summed E-state index contributed by atoms with van der Waals surface area (Å²) in [6.07, 6.45) is 1.47. The highest BCUT2D eigenvalue weighted by atomic mass is 16.5. The van der Waals surface area contributed by atoms with Gasteiger partial charge in [0.2, 0.25) is 0 Å². The SMILES string of the molecule is CCOC(Cc1ccc(OCCN(CC(CC)CC)C(=O)NCc2ccccc2)cc1)C(=O)O. The minimum absolute atomic E-state index is 0.0923. The zero-order chi connectivity index (χ0) is 24.8. The lowest BCUT2D eigenvalue weighted by Gasteiger charge is -2.27. The Labute approximate surface area is 203 Å². The first-order valence-corrected chi connectivity index (χ1v) is 12.1. The van der Waals surface area contributed by atoms with Gasteiger partial charge in [-0.2, -0.15) is 0 Å². The predicted molar refractivity (Wildman–Crippen MR) is 133 cm³/mol. The summed E-state index contributed by atoms with van der Waals surface area (Å²) in [5.74, 6) is 0.152. The van der Waals surface area contributed by atoms with E-state index in [0.717, 1.165) is 24.0 Å². The maximum atomic E-state index is 12.9. The number of carboxylic acid groups (broad SMARTS) is 1. The van der Waals surface area contributed by atoms with Crippen molar-refractivity contribution in [2.75, 3.05) is 26.3 Å². The fraction of sp³-hybridized carbons (Fsp3) is 0.481. The molecule has 0 aromatic heterocycles. The van der Waals surface area contributed by atoms with Crippen LogP contribution in [0.4, 0.5) is 4.79 Å². The minimum Gasteiger partial charge on any atom is -0.492 e. The van der Waals surface area contributed by atoms with Crippen molar-refractivity contribution in [2.24, 2.45) is 5.92 Å². The minimum atomic E-state index is -0.967. The lowest BCUT2D eigenvalue weighted by atomic mass is 10.0. The highest BCUT2D eigenvalue weighted by Gasteiger charge is 2.19. The van der Waals surface area contributed by atoms with E-state index in [1.54, 1.807) is 6.92 Å². The molecule has 0 saturated heterocycles. The van der Waals surface area contributed by atoms with Gasteiger partial charge in [-0.3, -0.25) is 0 Å². The van der Waals surface area contributed by atoms with Crippen LogP contribution < -0.4 is 10.1 Å². The molecule has 0 saturated carbocycles. The number of nitrogens with zero attached hydrogens (tertiary/aromatic N) is 1. The number of hydrogen-bond donors (Lipinski definition) is 2. The Bertz CT molecular complexity index is 853. The molecule has 2 N–H and O–H groups in total. The molecule has 0 radical (unpaired) electrons. The molecular formula is C27H38N2O5. The number of carbonyl (C=O) groups is 2. The molecule has 7 nitrogen and oxygen atoms in total. The van der Waals surface area contributed by atoms with Gasteiger partial charge in [-0.1, -0.05) is 69.2 Å². The van der Waals surface area contributed by atoms with Gasteiger partial charge in [0, 0.05) is 26.1 Å². The number of carboxylic acids is 1. The van der Waals surface area contributed by atoms with Gasteiger partial charge in [0.15, 0.2) is 6.10 Å². The molecule has 1 unspecified atom stereocenters. The third-order valence-corrected chi connectivity index (χ3v) is 5.82. The van der Waals surface area contributed by atoms with Crippen LogP contribution in [-0.2, 0) is 22.5 Å². The number of rotatable bonds is 15. The van der Waals surface area contributed by atoms with Crippen molar-refractivity contribution in [3.63, 3.8) is 0 Å². The molecule has 2 aromatic rings. The Morgan fingerprint density at radius 1 is 0.971 bits per heavy atom. The van der Waals surface area contributed by atoms with E-state index in [1.165, 1.54) is 0 Å². The van der Waals surface area contributed by atoms with Crippen LogP contribution in [0.2, 0.25) is 0 Å². The summed E-state index contributed by atoms with van der Waals surface area (Å²) in [5, 5.41) is 12.3. The van der Waals surface area contributed by atoms with E-state index in [2.05, 4.69) is 19.2 Å². The van der Waals surface area contributed by atoms with Gasteiger partial charge in [0.1, 0.15) is 12.4 Å². The third kappa shape index (κ3) is 9.43. The van der Waals surface area contributed by atoms with Crippen molar-refractivity contribution in [3.8, 4) is 5.75 Å². The average molecular weight is 471 g/mol. The van der Waals surface area contributed by atoms with E-state index in [4.69, 9.17) is 9.47 Å². The first-order chi connectivity index (χ1) is 16.5. The van der Waals surface area contributed by atoms with E-state index in [0.29, 0.717) is 50.9 Å².